The number of hydrogen-bond acceptors (Lipinski definition) is 4. The molecule has 59 heavy (non-hydrogen) atoms. The van der Waals surface area contributed by atoms with E-state index in [1.54, 1.807) is 0 Å². The molecule has 0 saturated heterocycles. The predicted molar refractivity (Wildman–Crippen MR) is 248 cm³/mol. The highest BCUT2D eigenvalue weighted by atomic mass is 32.1. The minimum Gasteiger partial charge on any atom is -0.278 e. The van der Waals surface area contributed by atoms with Crippen LogP contribution >= 0.6 is 11.3 Å². The van der Waals surface area contributed by atoms with Crippen LogP contribution in [0.25, 0.3) is 64.2 Å². The standard InChI is InChI=1S/C55H39N3S/c1-3-19-37(20-4-1)52-43-35-34-36-18-7-8-23-39(36)53(43)57-54(56-52)58(48-31-17-33-50-51(48)42-26-11-16-32-49(42)59-50)47-30-15-14-29-46(47)55(38-21-5-2-6-22-38)44-27-12-9-24-40(44)41-25-10-13-28-45(41)55/h1-13,16-21,23-35,38H,14-15,22H2. The van der Waals surface area contributed by atoms with Crippen molar-refractivity contribution in [1.82, 2.24) is 9.97 Å². The molecular formula is C55H39N3S. The number of fused-ring (bicyclic) bond motifs is 9. The molecule has 2 heterocycles. The third-order valence-corrected chi connectivity index (χ3v) is 13.9. The molecule has 3 aliphatic rings. The molecule has 0 aliphatic heterocycles. The number of rotatable bonds is 6. The fraction of sp³-hybridized carbons (Fsp3) is 0.0909. The number of benzene rings is 7. The van der Waals surface area contributed by atoms with Crippen LogP contribution in [0.2, 0.25) is 0 Å². The van der Waals surface area contributed by atoms with Crippen LogP contribution in [0.4, 0.5) is 11.6 Å². The maximum atomic E-state index is 5.72. The van der Waals surface area contributed by atoms with Gasteiger partial charge in [0.1, 0.15) is 0 Å². The number of allylic oxidation sites excluding steroid dienone is 7. The monoisotopic (exact) mass is 773 g/mol. The molecule has 0 N–H and O–H groups in total. The van der Waals surface area contributed by atoms with E-state index in [-0.39, 0.29) is 5.92 Å². The summed E-state index contributed by atoms with van der Waals surface area (Å²) in [6.45, 7) is 0. The molecule has 9 aromatic rings. The summed E-state index contributed by atoms with van der Waals surface area (Å²) < 4.78 is 2.52. The fourth-order valence-corrected chi connectivity index (χ4v) is 11.5. The Bertz CT molecular complexity index is 3230. The molecule has 0 amide bonds. The lowest BCUT2D eigenvalue weighted by Gasteiger charge is -2.45. The normalized spacial score (nSPS) is 16.6. The van der Waals surface area contributed by atoms with Crippen molar-refractivity contribution in [2.45, 2.75) is 24.7 Å². The second kappa shape index (κ2) is 13.6. The van der Waals surface area contributed by atoms with Gasteiger partial charge in [-0.25, -0.2) is 9.97 Å². The van der Waals surface area contributed by atoms with Gasteiger partial charge in [-0.3, -0.25) is 4.90 Å². The van der Waals surface area contributed by atoms with Crippen LogP contribution in [0.3, 0.4) is 0 Å². The maximum Gasteiger partial charge on any atom is 0.235 e. The number of anilines is 2. The van der Waals surface area contributed by atoms with Crippen molar-refractivity contribution in [2.75, 3.05) is 4.90 Å². The van der Waals surface area contributed by atoms with Gasteiger partial charge in [-0.2, -0.15) is 0 Å². The molecule has 0 spiro atoms. The summed E-state index contributed by atoms with van der Waals surface area (Å²) in [5, 5.41) is 5.79. The molecule has 0 radical (unpaired) electrons. The van der Waals surface area contributed by atoms with E-state index in [4.69, 9.17) is 9.97 Å². The molecule has 2 aromatic heterocycles. The summed E-state index contributed by atoms with van der Waals surface area (Å²) in [5.41, 5.74) is 11.4. The van der Waals surface area contributed by atoms with Crippen LogP contribution < -0.4 is 4.90 Å². The molecule has 1 unspecified atom stereocenters. The van der Waals surface area contributed by atoms with Crippen LogP contribution in [0.1, 0.15) is 30.4 Å². The largest absolute Gasteiger partial charge is 0.278 e. The van der Waals surface area contributed by atoms with Gasteiger partial charge in [-0.15, -0.1) is 11.3 Å². The van der Waals surface area contributed by atoms with Crippen molar-refractivity contribution in [3.63, 3.8) is 0 Å². The molecular weight excluding hydrogens is 735 g/mol. The quantitative estimate of drug-likeness (QED) is 0.158. The third kappa shape index (κ3) is 5.13. The first-order chi connectivity index (χ1) is 29.3. The van der Waals surface area contributed by atoms with Gasteiger partial charge in [0.2, 0.25) is 5.95 Å². The van der Waals surface area contributed by atoms with Crippen molar-refractivity contribution in [3.05, 3.63) is 217 Å². The lowest BCUT2D eigenvalue weighted by molar-refractivity contribution is 0.448. The van der Waals surface area contributed by atoms with Crippen LogP contribution in [0.15, 0.2) is 205 Å². The Kier molecular flexibility index (Phi) is 7.89. The van der Waals surface area contributed by atoms with Gasteiger partial charge < -0.3 is 0 Å². The topological polar surface area (TPSA) is 29.0 Å². The Hall–Kier alpha value is -6.88. The molecule has 12 rings (SSSR count). The Morgan fingerprint density at radius 2 is 1.29 bits per heavy atom. The minimum absolute atomic E-state index is 0.186. The lowest BCUT2D eigenvalue weighted by Crippen LogP contribution is -2.40. The number of thiophene rings is 1. The molecule has 3 aliphatic carbocycles. The molecule has 0 bridgehead atoms. The molecule has 1 atom stereocenters. The van der Waals surface area contributed by atoms with Crippen LogP contribution in [-0.2, 0) is 5.41 Å². The average molecular weight is 774 g/mol. The Labute approximate surface area is 347 Å². The van der Waals surface area contributed by atoms with E-state index >= 15 is 0 Å². The SMILES string of the molecule is C1=CCC(C2(C3=CCCC=C3N(c3nc(-c4ccccc4)c4ccc5ccccc5c4n3)c3cccc4sc5ccccc5c34)c3ccccc3-c3ccccc32)C=C1. The van der Waals surface area contributed by atoms with E-state index in [1.165, 1.54) is 48.0 Å². The van der Waals surface area contributed by atoms with E-state index in [9.17, 15) is 0 Å². The number of nitrogens with zero attached hydrogens (tertiary/aromatic N) is 3. The first-order valence-corrected chi connectivity index (χ1v) is 21.5. The first kappa shape index (κ1) is 34.2. The second-order valence-electron chi connectivity index (χ2n) is 15.8. The summed E-state index contributed by atoms with van der Waals surface area (Å²) in [5.74, 6) is 0.856. The van der Waals surface area contributed by atoms with Crippen LogP contribution in [-0.4, -0.2) is 9.97 Å². The van der Waals surface area contributed by atoms with E-state index in [0.29, 0.717) is 5.95 Å². The van der Waals surface area contributed by atoms with Gasteiger partial charge in [-0.05, 0) is 82.7 Å². The average Bonchev–Trinajstić information content (AvgIpc) is 3.84. The Morgan fingerprint density at radius 3 is 2.10 bits per heavy atom. The molecule has 3 nitrogen and oxygen atoms in total. The van der Waals surface area contributed by atoms with Crippen molar-refractivity contribution in [3.8, 4) is 22.4 Å². The summed E-state index contributed by atoms with van der Waals surface area (Å²) in [6, 6.07) is 57.5. The molecule has 0 saturated carbocycles. The Morgan fingerprint density at radius 1 is 0.576 bits per heavy atom. The fourth-order valence-electron chi connectivity index (χ4n) is 10.4. The summed E-state index contributed by atoms with van der Waals surface area (Å²) >= 11 is 1.85. The summed E-state index contributed by atoms with van der Waals surface area (Å²) in [6.07, 6.45) is 17.1. The molecule has 280 valence electrons. The first-order valence-electron chi connectivity index (χ1n) is 20.7. The van der Waals surface area contributed by atoms with Crippen LogP contribution in [0, 0.1) is 5.92 Å². The second-order valence-corrected chi connectivity index (χ2v) is 16.9. The maximum absolute atomic E-state index is 5.72. The number of aromatic nitrogens is 2. The highest BCUT2D eigenvalue weighted by molar-refractivity contribution is 7.26. The van der Waals surface area contributed by atoms with Gasteiger partial charge in [0.05, 0.1) is 22.3 Å². The van der Waals surface area contributed by atoms with Gasteiger partial charge in [0.15, 0.2) is 0 Å². The Balaban J connectivity index is 1.21. The van der Waals surface area contributed by atoms with Gasteiger partial charge in [0, 0.05) is 42.2 Å². The molecule has 4 heteroatoms. The van der Waals surface area contributed by atoms with E-state index in [2.05, 4.69) is 199 Å². The van der Waals surface area contributed by atoms with Crippen molar-refractivity contribution >= 4 is 64.8 Å². The van der Waals surface area contributed by atoms with Gasteiger partial charge >= 0.3 is 0 Å². The highest BCUT2D eigenvalue weighted by Crippen LogP contribution is 2.61. The van der Waals surface area contributed by atoms with Gasteiger partial charge in [-0.1, -0.05) is 170 Å². The lowest BCUT2D eigenvalue weighted by atomic mass is 9.60. The zero-order valence-electron chi connectivity index (χ0n) is 32.4. The zero-order chi connectivity index (χ0) is 38.9. The minimum atomic E-state index is -0.463. The van der Waals surface area contributed by atoms with E-state index < -0.39 is 5.41 Å². The predicted octanol–water partition coefficient (Wildman–Crippen LogP) is 14.7. The summed E-state index contributed by atoms with van der Waals surface area (Å²) in [7, 11) is 0. The van der Waals surface area contributed by atoms with E-state index in [1.807, 2.05) is 11.3 Å². The molecule has 7 aromatic carbocycles. The molecule has 0 fully saturated rings. The van der Waals surface area contributed by atoms with Gasteiger partial charge in [0.25, 0.3) is 0 Å². The van der Waals surface area contributed by atoms with Crippen molar-refractivity contribution < 1.29 is 0 Å². The van der Waals surface area contributed by atoms with E-state index in [0.717, 1.165) is 63.6 Å². The van der Waals surface area contributed by atoms with Crippen molar-refractivity contribution in [1.29, 1.82) is 0 Å². The zero-order valence-corrected chi connectivity index (χ0v) is 33.2. The van der Waals surface area contributed by atoms with Crippen molar-refractivity contribution in [2.24, 2.45) is 5.92 Å². The number of hydrogen-bond donors (Lipinski definition) is 0. The summed E-state index contributed by atoms with van der Waals surface area (Å²) in [4.78, 5) is 13.9. The smallest absolute Gasteiger partial charge is 0.235 e. The van der Waals surface area contributed by atoms with Crippen LogP contribution in [0.5, 0.6) is 0 Å². The third-order valence-electron chi connectivity index (χ3n) is 12.8. The highest BCUT2D eigenvalue weighted by Gasteiger charge is 2.52.